The van der Waals surface area contributed by atoms with Crippen LogP contribution in [0.15, 0.2) is 91.0 Å². The number of benzene rings is 4. The van der Waals surface area contributed by atoms with E-state index in [9.17, 15) is 28.3 Å². The lowest BCUT2D eigenvalue weighted by Gasteiger charge is -2.32. The Morgan fingerprint density at radius 3 is 2.46 bits per heavy atom. The zero-order chi connectivity index (χ0) is 33.7. The molecule has 2 unspecified atom stereocenters. The smallest absolute Gasteiger partial charge is 0.408 e. The Morgan fingerprint density at radius 1 is 0.896 bits per heavy atom. The van der Waals surface area contributed by atoms with E-state index in [2.05, 4.69) is 10.6 Å². The molecule has 6 rings (SSSR count). The molecule has 3 amide bonds. The molecule has 1 spiro atoms. The summed E-state index contributed by atoms with van der Waals surface area (Å²) in [7, 11) is 0. The maximum Gasteiger partial charge on any atom is 0.408 e. The van der Waals surface area contributed by atoms with Crippen molar-refractivity contribution in [3.05, 3.63) is 119 Å². The zero-order valence-corrected chi connectivity index (χ0v) is 26.5. The number of amides is 3. The molecule has 10 heteroatoms. The van der Waals surface area contributed by atoms with Crippen molar-refractivity contribution in [3.63, 3.8) is 0 Å². The number of aliphatic hydroxyl groups is 1. The fraction of sp³-hybridized carbons (Fsp3) is 0.342. The molecule has 250 valence electrons. The number of rotatable bonds is 10. The molecule has 48 heavy (non-hydrogen) atoms. The van der Waals surface area contributed by atoms with Crippen molar-refractivity contribution in [2.45, 2.75) is 50.8 Å². The highest BCUT2D eigenvalue weighted by Gasteiger charge is 2.52. The number of nitrogens with one attached hydrogen (secondary N) is 2. The number of nitrogens with zero attached hydrogens (tertiary/aromatic N) is 1. The number of fused-ring (bicyclic) bond motifs is 1. The summed E-state index contributed by atoms with van der Waals surface area (Å²) >= 11 is 0. The number of alkyl carbamates (subject to hydrolysis) is 1. The average molecular weight is 656 g/mol. The Morgan fingerprint density at radius 2 is 1.67 bits per heavy atom. The van der Waals surface area contributed by atoms with E-state index >= 15 is 0 Å². The topological polar surface area (TPSA) is 108 Å². The number of hydrogen-bond acceptors (Lipinski definition) is 5. The number of carbonyl (C=O) groups excluding carboxylic acids is 3. The fourth-order valence-corrected chi connectivity index (χ4v) is 7.32. The van der Waals surface area contributed by atoms with Gasteiger partial charge in [0, 0.05) is 36.4 Å². The monoisotopic (exact) mass is 655 g/mol. The minimum absolute atomic E-state index is 0.0571. The number of likely N-dealkylation sites (tertiary alicyclic amines) is 1. The minimum atomic E-state index is -1.11. The summed E-state index contributed by atoms with van der Waals surface area (Å²) in [6, 6.07) is 24.0. The molecule has 8 nitrogen and oxygen atoms in total. The van der Waals surface area contributed by atoms with E-state index in [1.54, 1.807) is 4.90 Å². The van der Waals surface area contributed by atoms with Crippen molar-refractivity contribution in [3.8, 4) is 0 Å². The van der Waals surface area contributed by atoms with Gasteiger partial charge in [0.05, 0.1) is 12.6 Å². The van der Waals surface area contributed by atoms with Gasteiger partial charge in [0.15, 0.2) is 0 Å². The molecular weight excluding hydrogens is 616 g/mol. The van der Waals surface area contributed by atoms with Gasteiger partial charge in [-0.25, -0.2) is 13.6 Å². The van der Waals surface area contributed by atoms with Gasteiger partial charge >= 0.3 is 6.09 Å². The summed E-state index contributed by atoms with van der Waals surface area (Å²) in [4.78, 5) is 42.5. The number of hydrogen-bond donors (Lipinski definition) is 3. The summed E-state index contributed by atoms with van der Waals surface area (Å²) in [6.07, 6.45) is 2.18. The summed E-state index contributed by atoms with van der Waals surface area (Å²) < 4.78 is 33.8. The third kappa shape index (κ3) is 7.33. The summed E-state index contributed by atoms with van der Waals surface area (Å²) in [6.45, 7) is 0.178. The van der Waals surface area contributed by atoms with Crippen molar-refractivity contribution in [2.24, 2.45) is 11.3 Å². The van der Waals surface area contributed by atoms with Crippen LogP contribution in [0.25, 0.3) is 10.8 Å². The molecular formula is C38H39F2N3O5. The van der Waals surface area contributed by atoms with E-state index in [-0.39, 0.29) is 30.4 Å². The van der Waals surface area contributed by atoms with Crippen molar-refractivity contribution < 1.29 is 33.0 Å². The molecule has 4 aromatic rings. The first-order chi connectivity index (χ1) is 23.2. The van der Waals surface area contributed by atoms with Crippen LogP contribution in [0, 0.1) is 23.0 Å². The van der Waals surface area contributed by atoms with E-state index in [1.165, 1.54) is 0 Å². The van der Waals surface area contributed by atoms with Crippen molar-refractivity contribution >= 4 is 28.7 Å². The van der Waals surface area contributed by atoms with Gasteiger partial charge in [-0.3, -0.25) is 9.59 Å². The predicted molar refractivity (Wildman–Crippen MR) is 177 cm³/mol. The summed E-state index contributed by atoms with van der Waals surface area (Å²) in [5.41, 5.74) is 1.06. The second-order valence-electron chi connectivity index (χ2n) is 12.9. The molecule has 0 aromatic heterocycles. The first-order valence-electron chi connectivity index (χ1n) is 16.3. The Bertz CT molecular complexity index is 1790. The standard InChI is InChI=1S/C38H39F2N3O5/c39-29-14-15-32(40)30(21-29)34(22-44)41-35(45)31-11-6-16-38(31)17-18-43(24-38)36(46)33(42-37(47)48-23-25-7-2-1-3-8-25)20-26-12-13-27-9-4-5-10-28(27)19-26/h1-5,7-10,12-15,19,21,31,33-34,44H,6,11,16-18,20,22-24H2,(H,41,45)(H,42,47)/t31?,33-,34+,38?/m0/s1. The molecule has 0 radical (unpaired) electrons. The van der Waals surface area contributed by atoms with Gasteiger partial charge in [0.1, 0.15) is 24.3 Å². The highest BCUT2D eigenvalue weighted by Crippen LogP contribution is 2.50. The maximum atomic E-state index is 14.5. The van der Waals surface area contributed by atoms with Gasteiger partial charge in [-0.1, -0.05) is 79.2 Å². The van der Waals surface area contributed by atoms with E-state index in [4.69, 9.17) is 4.74 Å². The van der Waals surface area contributed by atoms with Crippen LogP contribution in [0.4, 0.5) is 13.6 Å². The Labute approximate surface area is 278 Å². The van der Waals surface area contributed by atoms with Gasteiger partial charge in [-0.05, 0) is 59.4 Å². The molecule has 2 aliphatic rings. The normalized spacial score (nSPS) is 20.1. The van der Waals surface area contributed by atoms with Gasteiger partial charge in [-0.2, -0.15) is 0 Å². The minimum Gasteiger partial charge on any atom is -0.445 e. The Balaban J connectivity index is 1.17. The van der Waals surface area contributed by atoms with Crippen LogP contribution in [-0.2, 0) is 27.4 Å². The number of carbonyl (C=O) groups is 3. The number of aliphatic hydroxyl groups excluding tert-OH is 1. The van der Waals surface area contributed by atoms with Crippen LogP contribution < -0.4 is 10.6 Å². The SMILES string of the molecule is O=C(N[C@@H](Cc1ccc2ccccc2c1)C(=O)N1CCC2(CCCC2C(=O)N[C@H](CO)c2cc(F)ccc2F)C1)OCc1ccccc1. The van der Waals surface area contributed by atoms with Crippen molar-refractivity contribution in [2.75, 3.05) is 19.7 Å². The molecule has 1 saturated heterocycles. The van der Waals surface area contributed by atoms with Crippen LogP contribution in [0.2, 0.25) is 0 Å². The molecule has 3 N–H and O–H groups in total. The quantitative estimate of drug-likeness (QED) is 0.200. The zero-order valence-electron chi connectivity index (χ0n) is 26.5. The third-order valence-corrected chi connectivity index (χ3v) is 9.81. The van der Waals surface area contributed by atoms with E-state index < -0.39 is 47.8 Å². The highest BCUT2D eigenvalue weighted by atomic mass is 19.1. The van der Waals surface area contributed by atoms with Gasteiger partial charge < -0.3 is 25.4 Å². The summed E-state index contributed by atoms with van der Waals surface area (Å²) in [5, 5.41) is 17.6. The predicted octanol–water partition coefficient (Wildman–Crippen LogP) is 5.82. The maximum absolute atomic E-state index is 14.5. The average Bonchev–Trinajstić information content (AvgIpc) is 3.73. The molecule has 1 aliphatic heterocycles. The molecule has 0 bridgehead atoms. The lowest BCUT2D eigenvalue weighted by Crippen LogP contribution is -2.50. The van der Waals surface area contributed by atoms with Gasteiger partial charge in [-0.15, -0.1) is 0 Å². The van der Waals surface area contributed by atoms with Crippen molar-refractivity contribution in [1.29, 1.82) is 0 Å². The first-order valence-corrected chi connectivity index (χ1v) is 16.3. The van der Waals surface area contributed by atoms with Crippen LogP contribution >= 0.6 is 0 Å². The molecule has 1 heterocycles. The highest BCUT2D eigenvalue weighted by molar-refractivity contribution is 5.88. The van der Waals surface area contributed by atoms with Gasteiger partial charge in [0.2, 0.25) is 11.8 Å². The third-order valence-electron chi connectivity index (χ3n) is 9.81. The molecule has 4 aromatic carbocycles. The van der Waals surface area contributed by atoms with Crippen LogP contribution in [-0.4, -0.2) is 53.7 Å². The van der Waals surface area contributed by atoms with Crippen LogP contribution in [0.1, 0.15) is 48.4 Å². The Hall–Kier alpha value is -4.83. The number of ether oxygens (including phenoxy) is 1. The Kier molecular flexibility index (Phi) is 10.0. The molecule has 2 fully saturated rings. The second kappa shape index (κ2) is 14.5. The molecule has 1 aliphatic carbocycles. The number of halogens is 2. The van der Waals surface area contributed by atoms with E-state index in [0.717, 1.165) is 52.9 Å². The van der Waals surface area contributed by atoms with E-state index in [1.807, 2.05) is 72.8 Å². The lowest BCUT2D eigenvalue weighted by atomic mass is 9.76. The largest absolute Gasteiger partial charge is 0.445 e. The van der Waals surface area contributed by atoms with Crippen molar-refractivity contribution in [1.82, 2.24) is 15.5 Å². The fourth-order valence-electron chi connectivity index (χ4n) is 7.32. The van der Waals surface area contributed by atoms with Gasteiger partial charge in [0.25, 0.3) is 0 Å². The molecule has 4 atom stereocenters. The van der Waals surface area contributed by atoms with Crippen LogP contribution in [0.5, 0.6) is 0 Å². The summed E-state index contributed by atoms with van der Waals surface area (Å²) in [5.74, 6) is -2.50. The van der Waals surface area contributed by atoms with Crippen LogP contribution in [0.3, 0.4) is 0 Å². The van der Waals surface area contributed by atoms with E-state index in [0.29, 0.717) is 25.9 Å². The second-order valence-corrected chi connectivity index (χ2v) is 12.9. The lowest BCUT2D eigenvalue weighted by molar-refractivity contribution is -0.134. The molecule has 1 saturated carbocycles. The first kappa shape index (κ1) is 33.1.